The van der Waals surface area contributed by atoms with Crippen molar-refractivity contribution < 1.29 is 17.9 Å². The Morgan fingerprint density at radius 1 is 0.969 bits per heavy atom. The molecule has 0 spiro atoms. The zero-order valence-electron chi connectivity index (χ0n) is 18.4. The fourth-order valence-electron chi connectivity index (χ4n) is 3.98. The fraction of sp³-hybridized carbons (Fsp3) is 0.240. The van der Waals surface area contributed by atoms with Crippen molar-refractivity contribution in [3.8, 4) is 5.75 Å². The number of nitrogens with zero attached hydrogens (tertiary/aromatic N) is 1. The van der Waals surface area contributed by atoms with Crippen LogP contribution in [0.2, 0.25) is 0 Å². The molecule has 0 saturated carbocycles. The lowest BCUT2D eigenvalue weighted by Crippen LogP contribution is -2.36. The summed E-state index contributed by atoms with van der Waals surface area (Å²) in [5.74, 6) is 0.429. The first-order valence-electron chi connectivity index (χ1n) is 10.4. The molecule has 1 aliphatic rings. The maximum absolute atomic E-state index is 13.1. The number of methoxy groups -OCH3 is 1. The zero-order valence-corrected chi connectivity index (χ0v) is 19.2. The van der Waals surface area contributed by atoms with E-state index in [-0.39, 0.29) is 17.3 Å². The van der Waals surface area contributed by atoms with Gasteiger partial charge in [0.15, 0.2) is 0 Å². The van der Waals surface area contributed by atoms with Crippen LogP contribution in [0.3, 0.4) is 0 Å². The van der Waals surface area contributed by atoms with E-state index >= 15 is 0 Å². The highest BCUT2D eigenvalue weighted by Gasteiger charge is 2.28. The topological polar surface area (TPSA) is 75.7 Å². The van der Waals surface area contributed by atoms with Gasteiger partial charge < -0.3 is 10.1 Å². The summed E-state index contributed by atoms with van der Waals surface area (Å²) in [5, 5.41) is 2.95. The number of amides is 1. The molecule has 0 aliphatic carbocycles. The third-order valence-electron chi connectivity index (χ3n) is 5.77. The van der Waals surface area contributed by atoms with Gasteiger partial charge in [-0.15, -0.1) is 0 Å². The third kappa shape index (κ3) is 4.40. The van der Waals surface area contributed by atoms with Crippen molar-refractivity contribution in [1.82, 2.24) is 4.31 Å². The van der Waals surface area contributed by atoms with Crippen LogP contribution in [-0.4, -0.2) is 32.3 Å². The quantitative estimate of drug-likeness (QED) is 0.628. The Hall–Kier alpha value is -3.16. The van der Waals surface area contributed by atoms with E-state index in [1.165, 1.54) is 4.31 Å². The second kappa shape index (κ2) is 8.76. The van der Waals surface area contributed by atoms with E-state index in [9.17, 15) is 13.2 Å². The van der Waals surface area contributed by atoms with Gasteiger partial charge in [-0.3, -0.25) is 4.79 Å². The number of nitrogens with one attached hydrogen (secondary N) is 1. The molecular formula is C25H26N2O4S. The summed E-state index contributed by atoms with van der Waals surface area (Å²) in [7, 11) is -2.08. The van der Waals surface area contributed by atoms with Gasteiger partial charge in [-0.25, -0.2) is 8.42 Å². The average Bonchev–Trinajstić information content (AvgIpc) is 2.78. The number of anilines is 1. The number of fused-ring (bicyclic) bond motifs is 1. The maximum atomic E-state index is 13.1. The minimum Gasteiger partial charge on any atom is -0.497 e. The number of rotatable bonds is 5. The summed E-state index contributed by atoms with van der Waals surface area (Å²) in [4.78, 5) is 13.0. The molecule has 0 aromatic heterocycles. The molecule has 0 unspecified atom stereocenters. The number of carbonyl (C=O) groups is 1. The maximum Gasteiger partial charge on any atom is 0.255 e. The third-order valence-corrected chi connectivity index (χ3v) is 7.62. The van der Waals surface area contributed by atoms with Gasteiger partial charge in [0.25, 0.3) is 5.91 Å². The molecule has 0 radical (unpaired) electrons. The summed E-state index contributed by atoms with van der Waals surface area (Å²) in [6.45, 7) is 4.58. The minimum atomic E-state index is -3.63. The van der Waals surface area contributed by atoms with Crippen LogP contribution in [0.4, 0.5) is 5.69 Å². The van der Waals surface area contributed by atoms with Crippen molar-refractivity contribution in [1.29, 1.82) is 0 Å². The average molecular weight is 451 g/mol. The molecule has 0 atom stereocenters. The van der Waals surface area contributed by atoms with Gasteiger partial charge in [-0.2, -0.15) is 4.31 Å². The number of sulfonamides is 1. The number of hydrogen-bond acceptors (Lipinski definition) is 4. The molecule has 1 N–H and O–H groups in total. The van der Waals surface area contributed by atoms with Gasteiger partial charge >= 0.3 is 0 Å². The highest BCUT2D eigenvalue weighted by molar-refractivity contribution is 7.89. The zero-order chi connectivity index (χ0) is 22.9. The molecule has 1 aliphatic heterocycles. The molecule has 166 valence electrons. The summed E-state index contributed by atoms with van der Waals surface area (Å²) < 4.78 is 32.8. The van der Waals surface area contributed by atoms with Crippen LogP contribution in [0.5, 0.6) is 5.75 Å². The van der Waals surface area contributed by atoms with E-state index < -0.39 is 10.0 Å². The van der Waals surface area contributed by atoms with Crippen LogP contribution in [0.25, 0.3) is 0 Å². The molecule has 0 saturated heterocycles. The lowest BCUT2D eigenvalue weighted by atomic mass is 10.00. The molecular weight excluding hydrogens is 424 g/mol. The monoisotopic (exact) mass is 450 g/mol. The largest absolute Gasteiger partial charge is 0.497 e. The molecule has 6 nitrogen and oxygen atoms in total. The minimum absolute atomic E-state index is 0.180. The summed E-state index contributed by atoms with van der Waals surface area (Å²) >= 11 is 0. The van der Waals surface area contributed by atoms with Crippen LogP contribution < -0.4 is 10.1 Å². The van der Waals surface area contributed by atoms with E-state index in [0.717, 1.165) is 22.3 Å². The van der Waals surface area contributed by atoms with Gasteiger partial charge in [0.05, 0.1) is 12.0 Å². The van der Waals surface area contributed by atoms with Crippen LogP contribution in [-0.2, 0) is 23.0 Å². The molecule has 3 aromatic rings. The predicted molar refractivity (Wildman–Crippen MR) is 125 cm³/mol. The molecule has 0 fully saturated rings. The Bertz CT molecular complexity index is 1270. The number of aryl methyl sites for hydroxylation is 2. The number of benzene rings is 3. The summed E-state index contributed by atoms with van der Waals surface area (Å²) in [6, 6.07) is 17.8. The van der Waals surface area contributed by atoms with Crippen molar-refractivity contribution in [2.75, 3.05) is 19.0 Å². The predicted octanol–water partition coefficient (Wildman–Crippen LogP) is 4.31. The Morgan fingerprint density at radius 2 is 1.72 bits per heavy atom. The van der Waals surface area contributed by atoms with Crippen molar-refractivity contribution in [2.24, 2.45) is 0 Å². The molecule has 3 aromatic carbocycles. The van der Waals surface area contributed by atoms with Crippen molar-refractivity contribution in [3.05, 3.63) is 88.5 Å². The van der Waals surface area contributed by atoms with Crippen molar-refractivity contribution in [3.63, 3.8) is 0 Å². The van der Waals surface area contributed by atoms with E-state index in [2.05, 4.69) is 5.32 Å². The molecule has 32 heavy (non-hydrogen) atoms. The second-order valence-electron chi connectivity index (χ2n) is 8.02. The van der Waals surface area contributed by atoms with Crippen molar-refractivity contribution in [2.45, 2.75) is 31.7 Å². The van der Waals surface area contributed by atoms with E-state index in [1.807, 2.05) is 50.2 Å². The normalized spacial score (nSPS) is 14.0. The Kier molecular flexibility index (Phi) is 6.04. The first-order valence-corrected chi connectivity index (χ1v) is 11.9. The van der Waals surface area contributed by atoms with E-state index in [1.54, 1.807) is 31.4 Å². The molecule has 4 rings (SSSR count). The Balaban J connectivity index is 1.54. The van der Waals surface area contributed by atoms with Crippen LogP contribution in [0, 0.1) is 13.8 Å². The number of hydrogen-bond donors (Lipinski definition) is 1. The first-order chi connectivity index (χ1) is 15.3. The van der Waals surface area contributed by atoms with Gasteiger partial charge in [0, 0.05) is 24.3 Å². The van der Waals surface area contributed by atoms with E-state index in [0.29, 0.717) is 30.0 Å². The van der Waals surface area contributed by atoms with E-state index in [4.69, 9.17) is 4.74 Å². The lowest BCUT2D eigenvalue weighted by molar-refractivity contribution is 0.102. The SMILES string of the molecule is COc1ccc(S(=O)(=O)N2CCc3ccc(NC(=O)c4ccc(C)cc4C)cc3C2)cc1. The van der Waals surface area contributed by atoms with Gasteiger partial charge in [-0.1, -0.05) is 23.8 Å². The fourth-order valence-corrected chi connectivity index (χ4v) is 5.40. The van der Waals surface area contributed by atoms with Gasteiger partial charge in [0.2, 0.25) is 10.0 Å². The lowest BCUT2D eigenvalue weighted by Gasteiger charge is -2.28. The van der Waals surface area contributed by atoms with Crippen molar-refractivity contribution >= 4 is 21.6 Å². The van der Waals surface area contributed by atoms with Crippen LogP contribution in [0.15, 0.2) is 65.6 Å². The summed E-state index contributed by atoms with van der Waals surface area (Å²) in [6.07, 6.45) is 0.621. The Morgan fingerprint density at radius 3 is 2.41 bits per heavy atom. The molecule has 1 heterocycles. The smallest absolute Gasteiger partial charge is 0.255 e. The summed E-state index contributed by atoms with van der Waals surface area (Å²) in [5.41, 5.74) is 5.28. The first kappa shape index (κ1) is 22.0. The highest BCUT2D eigenvalue weighted by Crippen LogP contribution is 2.28. The molecule has 7 heteroatoms. The highest BCUT2D eigenvalue weighted by atomic mass is 32.2. The number of ether oxygens (including phenoxy) is 1. The Labute approximate surface area is 188 Å². The molecule has 1 amide bonds. The van der Waals surface area contributed by atoms with Crippen LogP contribution in [0.1, 0.15) is 32.6 Å². The number of carbonyl (C=O) groups excluding carboxylic acids is 1. The van der Waals surface area contributed by atoms with Crippen LogP contribution >= 0.6 is 0 Å². The van der Waals surface area contributed by atoms with Gasteiger partial charge in [0.1, 0.15) is 5.75 Å². The van der Waals surface area contributed by atoms with Gasteiger partial charge in [-0.05, 0) is 79.4 Å². The second-order valence-corrected chi connectivity index (χ2v) is 9.96. The standard InChI is InChI=1S/C25H26N2O4S/c1-17-4-11-24(18(2)14-17)25(28)26-21-6-5-19-12-13-27(16-20(19)15-21)32(29,30)23-9-7-22(31-3)8-10-23/h4-11,14-15H,12-13,16H2,1-3H3,(H,26,28). The molecule has 0 bridgehead atoms.